The Morgan fingerprint density at radius 2 is 1.80 bits per heavy atom. The zero-order chi connectivity index (χ0) is 22.1. The van der Waals surface area contributed by atoms with Crippen LogP contribution in [0.3, 0.4) is 0 Å². The smallest absolute Gasteiger partial charge is 0.412 e. The van der Waals surface area contributed by atoms with Crippen molar-refractivity contribution in [3.05, 3.63) is 59.7 Å². The van der Waals surface area contributed by atoms with Gasteiger partial charge in [-0.15, -0.1) is 0 Å². The van der Waals surface area contributed by atoms with E-state index in [1.54, 1.807) is 63.2 Å². The highest BCUT2D eigenvalue weighted by molar-refractivity contribution is 5.99. The van der Waals surface area contributed by atoms with Crippen molar-refractivity contribution in [3.8, 4) is 0 Å². The van der Waals surface area contributed by atoms with E-state index in [2.05, 4.69) is 5.32 Å². The van der Waals surface area contributed by atoms with Crippen molar-refractivity contribution in [1.82, 2.24) is 0 Å². The van der Waals surface area contributed by atoms with Gasteiger partial charge in [0.05, 0.1) is 6.54 Å². The predicted molar refractivity (Wildman–Crippen MR) is 107 cm³/mol. The van der Waals surface area contributed by atoms with Crippen molar-refractivity contribution in [2.75, 3.05) is 10.2 Å². The minimum absolute atomic E-state index is 0.0259. The maximum atomic E-state index is 13.6. The maximum absolute atomic E-state index is 13.6. The average Bonchev–Trinajstić information content (AvgIpc) is 2.62. The molecule has 2 aromatic rings. The molecule has 1 unspecified atom stereocenters. The molecular formula is C22H23F3N2O3. The van der Waals surface area contributed by atoms with Gasteiger partial charge in [0.15, 0.2) is 0 Å². The van der Waals surface area contributed by atoms with Gasteiger partial charge in [0.25, 0.3) is 0 Å². The third-order valence-corrected chi connectivity index (χ3v) is 4.58. The molecule has 0 aliphatic carbocycles. The molecule has 0 spiro atoms. The standard InChI is InChI=1S/C22H23F3N2O3/c1-21(2,3)30-20(29)26-16-9-10-18-15(11-16)12-17(22(23,24)25)19(28)27(18)13-14-7-5-4-6-8-14/h4-11,17H,12-13H2,1-3H3,(H,26,29). The van der Waals surface area contributed by atoms with Crippen LogP contribution in [0.1, 0.15) is 31.9 Å². The van der Waals surface area contributed by atoms with Crippen LogP contribution < -0.4 is 10.2 Å². The third kappa shape index (κ3) is 5.11. The van der Waals surface area contributed by atoms with E-state index in [4.69, 9.17) is 4.74 Å². The lowest BCUT2D eigenvalue weighted by molar-refractivity contribution is -0.181. The van der Waals surface area contributed by atoms with Crippen LogP contribution in [-0.2, 0) is 22.5 Å². The van der Waals surface area contributed by atoms with Crippen molar-refractivity contribution in [3.63, 3.8) is 0 Å². The van der Waals surface area contributed by atoms with Crippen LogP contribution in [0.2, 0.25) is 0 Å². The Hall–Kier alpha value is -3.03. The molecule has 1 aliphatic heterocycles. The fourth-order valence-electron chi connectivity index (χ4n) is 3.31. The number of carbonyl (C=O) groups is 2. The molecule has 5 nitrogen and oxygen atoms in total. The first-order chi connectivity index (χ1) is 13.9. The van der Waals surface area contributed by atoms with E-state index in [-0.39, 0.29) is 6.54 Å². The molecule has 2 aromatic carbocycles. The molecule has 2 amide bonds. The van der Waals surface area contributed by atoms with Crippen molar-refractivity contribution in [2.45, 2.75) is 45.5 Å². The van der Waals surface area contributed by atoms with Gasteiger partial charge in [0.1, 0.15) is 11.5 Å². The van der Waals surface area contributed by atoms with Crippen molar-refractivity contribution in [1.29, 1.82) is 0 Å². The number of amides is 2. The number of alkyl halides is 3. The minimum Gasteiger partial charge on any atom is -0.444 e. The number of nitrogens with zero attached hydrogens (tertiary/aromatic N) is 1. The van der Waals surface area contributed by atoms with E-state index in [0.717, 1.165) is 10.5 Å². The van der Waals surface area contributed by atoms with Crippen molar-refractivity contribution >= 4 is 23.4 Å². The summed E-state index contributed by atoms with van der Waals surface area (Å²) in [7, 11) is 0. The van der Waals surface area contributed by atoms with Gasteiger partial charge >= 0.3 is 12.3 Å². The third-order valence-electron chi connectivity index (χ3n) is 4.58. The van der Waals surface area contributed by atoms with Gasteiger partial charge in [0, 0.05) is 11.4 Å². The summed E-state index contributed by atoms with van der Waals surface area (Å²) in [6.07, 6.45) is -5.85. The van der Waals surface area contributed by atoms with E-state index >= 15 is 0 Å². The van der Waals surface area contributed by atoms with E-state index in [1.165, 1.54) is 6.07 Å². The number of carbonyl (C=O) groups excluding carboxylic acids is 2. The molecule has 160 valence electrons. The van der Waals surface area contributed by atoms with E-state index in [0.29, 0.717) is 16.9 Å². The van der Waals surface area contributed by atoms with Crippen LogP contribution in [0, 0.1) is 5.92 Å². The fraction of sp³-hybridized carbons (Fsp3) is 0.364. The van der Waals surface area contributed by atoms with Crippen LogP contribution in [0.5, 0.6) is 0 Å². The zero-order valence-electron chi connectivity index (χ0n) is 16.9. The molecular weight excluding hydrogens is 397 g/mol. The lowest BCUT2D eigenvalue weighted by Gasteiger charge is -2.35. The normalized spacial score (nSPS) is 16.8. The summed E-state index contributed by atoms with van der Waals surface area (Å²) in [4.78, 5) is 25.8. The van der Waals surface area contributed by atoms with Crippen molar-refractivity contribution in [2.24, 2.45) is 5.92 Å². The number of nitrogens with one attached hydrogen (secondary N) is 1. The first-order valence-electron chi connectivity index (χ1n) is 9.49. The number of halogens is 3. The molecule has 1 N–H and O–H groups in total. The second-order valence-electron chi connectivity index (χ2n) is 8.18. The summed E-state index contributed by atoms with van der Waals surface area (Å²) in [5.41, 5.74) is 1.05. The Morgan fingerprint density at radius 1 is 1.13 bits per heavy atom. The number of hydrogen-bond acceptors (Lipinski definition) is 3. The first kappa shape index (κ1) is 21.7. The van der Waals surface area contributed by atoms with Gasteiger partial charge in [-0.1, -0.05) is 30.3 Å². The molecule has 0 saturated carbocycles. The maximum Gasteiger partial charge on any atom is 0.412 e. The van der Waals surface area contributed by atoms with Crippen LogP contribution in [0.25, 0.3) is 0 Å². The van der Waals surface area contributed by atoms with Gasteiger partial charge in [-0.05, 0) is 56.5 Å². The van der Waals surface area contributed by atoms with Crippen molar-refractivity contribution < 1.29 is 27.5 Å². The predicted octanol–water partition coefficient (Wildman–Crippen LogP) is 5.30. The SMILES string of the molecule is CC(C)(C)OC(=O)Nc1ccc2c(c1)CC(C(F)(F)F)C(=O)N2Cc1ccccc1. The average molecular weight is 420 g/mol. The number of fused-ring (bicyclic) bond motifs is 1. The topological polar surface area (TPSA) is 58.6 Å². The summed E-state index contributed by atoms with van der Waals surface area (Å²) in [5.74, 6) is -3.11. The first-order valence-corrected chi connectivity index (χ1v) is 9.49. The second kappa shape index (κ2) is 8.01. The van der Waals surface area contributed by atoms with Gasteiger partial charge in [0.2, 0.25) is 5.91 Å². The Balaban J connectivity index is 1.93. The number of benzene rings is 2. The molecule has 0 radical (unpaired) electrons. The van der Waals surface area contributed by atoms with Crippen LogP contribution in [0.15, 0.2) is 48.5 Å². The molecule has 1 heterocycles. The van der Waals surface area contributed by atoms with E-state index in [9.17, 15) is 22.8 Å². The molecule has 0 saturated heterocycles. The highest BCUT2D eigenvalue weighted by Gasteiger charge is 2.49. The molecule has 1 atom stereocenters. The van der Waals surface area contributed by atoms with Crippen LogP contribution in [0.4, 0.5) is 29.3 Å². The number of rotatable bonds is 3. The second-order valence-corrected chi connectivity index (χ2v) is 8.18. The van der Waals surface area contributed by atoms with Gasteiger partial charge in [-0.2, -0.15) is 13.2 Å². The summed E-state index contributed by atoms with van der Waals surface area (Å²) < 4.78 is 45.9. The summed E-state index contributed by atoms with van der Waals surface area (Å²) in [5, 5.41) is 2.53. The summed E-state index contributed by atoms with van der Waals surface area (Å²) in [6, 6.07) is 13.4. The molecule has 1 aliphatic rings. The van der Waals surface area contributed by atoms with Gasteiger partial charge in [-0.25, -0.2) is 4.79 Å². The Labute approximate surface area is 172 Å². The number of hydrogen-bond donors (Lipinski definition) is 1. The van der Waals surface area contributed by atoms with Crippen LogP contribution in [-0.4, -0.2) is 23.8 Å². The zero-order valence-corrected chi connectivity index (χ0v) is 16.9. The Bertz CT molecular complexity index is 937. The number of ether oxygens (including phenoxy) is 1. The molecule has 0 bridgehead atoms. The molecule has 0 aromatic heterocycles. The lowest BCUT2D eigenvalue weighted by atomic mass is 9.90. The molecule has 3 rings (SSSR count). The Morgan fingerprint density at radius 3 is 2.40 bits per heavy atom. The molecule has 8 heteroatoms. The van der Waals surface area contributed by atoms with Gasteiger partial charge in [-0.3, -0.25) is 10.1 Å². The molecule has 0 fully saturated rings. The summed E-state index contributed by atoms with van der Waals surface area (Å²) in [6.45, 7) is 5.15. The monoisotopic (exact) mass is 420 g/mol. The lowest BCUT2D eigenvalue weighted by Crippen LogP contribution is -2.46. The minimum atomic E-state index is -4.67. The molecule has 30 heavy (non-hydrogen) atoms. The number of anilines is 2. The van der Waals surface area contributed by atoms with Crippen LogP contribution >= 0.6 is 0 Å². The highest BCUT2D eigenvalue weighted by atomic mass is 19.4. The van der Waals surface area contributed by atoms with E-state index in [1.807, 2.05) is 0 Å². The quantitative estimate of drug-likeness (QED) is 0.733. The Kier molecular flexibility index (Phi) is 5.78. The van der Waals surface area contributed by atoms with E-state index < -0.39 is 36.1 Å². The summed E-state index contributed by atoms with van der Waals surface area (Å²) >= 11 is 0. The van der Waals surface area contributed by atoms with Gasteiger partial charge < -0.3 is 9.64 Å². The largest absolute Gasteiger partial charge is 0.444 e. The fourth-order valence-corrected chi connectivity index (χ4v) is 3.31. The highest BCUT2D eigenvalue weighted by Crippen LogP contribution is 2.40.